The van der Waals surface area contributed by atoms with Crippen LogP contribution >= 0.6 is 0 Å². The molecule has 3 rings (SSSR count). The lowest BCUT2D eigenvalue weighted by Gasteiger charge is -2.11. The Balaban J connectivity index is 2.00. The maximum Gasteiger partial charge on any atom is 0.409 e. The summed E-state index contributed by atoms with van der Waals surface area (Å²) in [5.41, 5.74) is 8.22. The number of nitrogens with zero attached hydrogens (tertiary/aromatic N) is 4. The average molecular weight is 607 g/mol. The van der Waals surface area contributed by atoms with Gasteiger partial charge in [0.1, 0.15) is 22.0 Å². The molecule has 3 aromatic carbocycles. The molecule has 0 fully saturated rings. The molecule has 41 heavy (non-hydrogen) atoms. The molecular formula is C24H26N6O9S2. The van der Waals surface area contributed by atoms with E-state index in [9.17, 15) is 26.2 Å². The van der Waals surface area contributed by atoms with Crippen molar-refractivity contribution in [3.8, 4) is 5.75 Å². The van der Waals surface area contributed by atoms with Crippen LogP contribution in [0, 0.1) is 13.8 Å². The maximum absolute atomic E-state index is 11.9. The zero-order valence-corrected chi connectivity index (χ0v) is 23.3. The lowest BCUT2D eigenvalue weighted by Crippen LogP contribution is -2.08. The lowest BCUT2D eigenvalue weighted by molar-refractivity contribution is 0.209. The molecule has 0 bridgehead atoms. The number of carboxylic acid groups (broad SMARTS) is 1. The summed E-state index contributed by atoms with van der Waals surface area (Å²) in [6, 6.07) is 11.3. The summed E-state index contributed by atoms with van der Waals surface area (Å²) in [5.74, 6) is -0.398. The van der Waals surface area contributed by atoms with E-state index in [1.54, 1.807) is 38.1 Å². The van der Waals surface area contributed by atoms with E-state index in [2.05, 4.69) is 20.5 Å². The molecule has 6 N–H and O–H groups in total. The zero-order chi connectivity index (χ0) is 30.4. The van der Waals surface area contributed by atoms with Gasteiger partial charge >= 0.3 is 6.09 Å². The highest BCUT2D eigenvalue weighted by Gasteiger charge is 2.18. The minimum atomic E-state index is -4.80. The molecule has 0 aliphatic rings. The van der Waals surface area contributed by atoms with E-state index in [0.717, 1.165) is 17.7 Å². The van der Waals surface area contributed by atoms with Gasteiger partial charge in [-0.3, -0.25) is 14.4 Å². The molecule has 0 saturated heterocycles. The normalized spacial score (nSPS) is 12.2. The van der Waals surface area contributed by atoms with Crippen LogP contribution in [0.4, 0.5) is 38.9 Å². The molecule has 0 aliphatic carbocycles. The summed E-state index contributed by atoms with van der Waals surface area (Å²) in [5, 5.41) is 27.3. The van der Waals surface area contributed by atoms with Crippen molar-refractivity contribution in [2.75, 3.05) is 23.4 Å². The third-order valence-corrected chi connectivity index (χ3v) is 7.01. The molecule has 15 nitrogen and oxygen atoms in total. The molecule has 1 amide bonds. The minimum Gasteiger partial charge on any atom is -0.491 e. The first-order valence-corrected chi connectivity index (χ1v) is 14.7. The van der Waals surface area contributed by atoms with Crippen molar-refractivity contribution in [3.05, 3.63) is 59.7 Å². The minimum absolute atomic E-state index is 0.0361. The Morgan fingerprint density at radius 2 is 1.46 bits per heavy atom. The summed E-state index contributed by atoms with van der Waals surface area (Å²) < 4.78 is 70.2. The first-order chi connectivity index (χ1) is 19.1. The molecule has 0 heterocycles. The predicted octanol–water partition coefficient (Wildman–Crippen LogP) is 5.71. The van der Waals surface area contributed by atoms with Crippen LogP contribution < -0.4 is 15.8 Å². The van der Waals surface area contributed by atoms with Crippen LogP contribution in [0.3, 0.4) is 0 Å². The molecule has 3 aromatic rings. The van der Waals surface area contributed by atoms with Crippen LogP contribution in [0.5, 0.6) is 5.75 Å². The Hall–Kier alpha value is -4.45. The highest BCUT2D eigenvalue weighted by atomic mass is 32.2. The number of hydrogen-bond donors (Lipinski definition) is 5. The molecular weight excluding hydrogens is 580 g/mol. The number of ether oxygens (including phenoxy) is 1. The van der Waals surface area contributed by atoms with Crippen LogP contribution in [0.25, 0.3) is 0 Å². The Morgan fingerprint density at radius 1 is 0.854 bits per heavy atom. The molecule has 0 aliphatic heterocycles. The quantitative estimate of drug-likeness (QED) is 0.0770. The third kappa shape index (κ3) is 9.31. The van der Waals surface area contributed by atoms with Gasteiger partial charge < -0.3 is 15.6 Å². The summed E-state index contributed by atoms with van der Waals surface area (Å²) in [6.07, 6.45) is -1.48. The molecule has 218 valence electrons. The lowest BCUT2D eigenvalue weighted by atomic mass is 10.1. The number of anilines is 2. The van der Waals surface area contributed by atoms with Crippen LogP contribution in [-0.2, 0) is 20.2 Å². The first kappa shape index (κ1) is 31.1. The summed E-state index contributed by atoms with van der Waals surface area (Å²) in [6.45, 7) is 3.35. The Labute approximate surface area is 235 Å². The van der Waals surface area contributed by atoms with Crippen LogP contribution in [0.1, 0.15) is 17.5 Å². The van der Waals surface area contributed by atoms with Gasteiger partial charge in [0.25, 0.3) is 20.2 Å². The van der Waals surface area contributed by atoms with E-state index in [1.807, 2.05) is 5.32 Å². The van der Waals surface area contributed by atoms with Gasteiger partial charge in [-0.1, -0.05) is 0 Å². The summed E-state index contributed by atoms with van der Waals surface area (Å²) in [7, 11) is -9.00. The molecule has 0 aromatic heterocycles. The standard InChI is InChI=1S/C24H26N6O9S2/c1-14-10-16(25)4-6-18(14)27-30-21-11-15(2)20(13-22(21)39-8-3-9-40(33,34)35)29-28-19-7-5-17(26-24(31)32)12-23(19)41(36,37)38/h4-7,10-13,26H,3,8-9,25H2,1-2H3,(H,31,32)(H,33,34,35)(H,36,37,38). The van der Waals surface area contributed by atoms with Gasteiger partial charge in [0.05, 0.1) is 23.7 Å². The van der Waals surface area contributed by atoms with Crippen LogP contribution in [0.2, 0.25) is 0 Å². The molecule has 0 radical (unpaired) electrons. The maximum atomic E-state index is 11.9. The Kier molecular flexibility index (Phi) is 9.71. The zero-order valence-electron chi connectivity index (χ0n) is 21.7. The van der Waals surface area contributed by atoms with Gasteiger partial charge in [0, 0.05) is 17.4 Å². The fourth-order valence-corrected chi connectivity index (χ4v) is 4.53. The topological polar surface area (TPSA) is 243 Å². The number of azo groups is 2. The summed E-state index contributed by atoms with van der Waals surface area (Å²) in [4.78, 5) is 10.2. The Morgan fingerprint density at radius 3 is 2.10 bits per heavy atom. The number of carbonyl (C=O) groups is 1. The number of benzene rings is 3. The molecule has 0 unspecified atom stereocenters. The number of aryl methyl sites for hydroxylation is 2. The van der Waals surface area contributed by atoms with Gasteiger partial charge in [-0.05, 0) is 73.9 Å². The highest BCUT2D eigenvalue weighted by molar-refractivity contribution is 7.86. The number of nitrogens with one attached hydrogen (secondary N) is 1. The number of nitrogens with two attached hydrogens (primary N) is 1. The number of amides is 1. The smallest absolute Gasteiger partial charge is 0.409 e. The van der Waals surface area contributed by atoms with E-state index >= 15 is 0 Å². The van der Waals surface area contributed by atoms with Crippen LogP contribution in [0.15, 0.2) is 73.9 Å². The largest absolute Gasteiger partial charge is 0.491 e. The molecule has 0 spiro atoms. The van der Waals surface area contributed by atoms with E-state index < -0.39 is 37.0 Å². The van der Waals surface area contributed by atoms with Crippen molar-refractivity contribution in [1.82, 2.24) is 0 Å². The average Bonchev–Trinajstić information content (AvgIpc) is 2.85. The number of nitrogen functional groups attached to an aromatic ring is 1. The van der Waals surface area contributed by atoms with E-state index in [0.29, 0.717) is 16.9 Å². The Bertz CT molecular complexity index is 1740. The van der Waals surface area contributed by atoms with Crippen molar-refractivity contribution >= 4 is 60.5 Å². The molecule has 0 saturated carbocycles. The van der Waals surface area contributed by atoms with Gasteiger partial charge in [-0.2, -0.15) is 27.1 Å². The highest BCUT2D eigenvalue weighted by Crippen LogP contribution is 2.38. The fraction of sp³-hybridized carbons (Fsp3) is 0.208. The first-order valence-electron chi connectivity index (χ1n) is 11.7. The third-order valence-electron chi connectivity index (χ3n) is 5.32. The van der Waals surface area contributed by atoms with Crippen molar-refractivity contribution in [3.63, 3.8) is 0 Å². The number of hydrogen-bond acceptors (Lipinski definition) is 11. The van der Waals surface area contributed by atoms with Crippen molar-refractivity contribution in [2.24, 2.45) is 20.5 Å². The fourth-order valence-electron chi connectivity index (χ4n) is 3.40. The molecule has 0 atom stereocenters. The summed E-state index contributed by atoms with van der Waals surface area (Å²) >= 11 is 0. The number of rotatable bonds is 11. The van der Waals surface area contributed by atoms with Gasteiger partial charge in [0.2, 0.25) is 0 Å². The van der Waals surface area contributed by atoms with Crippen molar-refractivity contribution in [1.29, 1.82) is 0 Å². The second-order valence-electron chi connectivity index (χ2n) is 8.63. The van der Waals surface area contributed by atoms with Gasteiger partial charge in [-0.25, -0.2) is 4.79 Å². The SMILES string of the molecule is Cc1cc(N)ccc1N=Nc1cc(C)c(N=Nc2ccc(NC(=O)O)cc2S(=O)(=O)O)cc1OCCCS(=O)(=O)O. The van der Waals surface area contributed by atoms with Crippen molar-refractivity contribution in [2.45, 2.75) is 25.2 Å². The monoisotopic (exact) mass is 606 g/mol. The second-order valence-corrected chi connectivity index (χ2v) is 11.6. The van der Waals surface area contributed by atoms with Gasteiger partial charge in [-0.15, -0.1) is 10.2 Å². The van der Waals surface area contributed by atoms with E-state index in [4.69, 9.17) is 20.1 Å². The van der Waals surface area contributed by atoms with Crippen molar-refractivity contribution < 1.29 is 40.6 Å². The molecule has 17 heteroatoms. The van der Waals surface area contributed by atoms with Gasteiger partial charge in [0.15, 0.2) is 0 Å². The second kappa shape index (κ2) is 12.8. The predicted molar refractivity (Wildman–Crippen MR) is 150 cm³/mol. The van der Waals surface area contributed by atoms with E-state index in [1.165, 1.54) is 12.1 Å². The van der Waals surface area contributed by atoms with Crippen LogP contribution in [-0.4, -0.2) is 49.5 Å². The van der Waals surface area contributed by atoms with E-state index in [-0.39, 0.29) is 41.5 Å².